The lowest BCUT2D eigenvalue weighted by atomic mass is 9.45. The Morgan fingerprint density at radius 1 is 0.674 bits per heavy atom. The van der Waals surface area contributed by atoms with E-state index in [1.54, 1.807) is 48.5 Å². The lowest BCUT2D eigenvalue weighted by Gasteiger charge is -2.53. The molecule has 3 aliphatic carbocycles. The van der Waals surface area contributed by atoms with E-state index in [4.69, 9.17) is 9.47 Å². The normalized spacial score (nSPS) is 28.9. The van der Waals surface area contributed by atoms with Gasteiger partial charge in [0.1, 0.15) is 11.5 Å². The first-order valence-electron chi connectivity index (χ1n) is 14.5. The average molecular weight is 642 g/mol. The fourth-order valence-corrected chi connectivity index (χ4v) is 8.07. The summed E-state index contributed by atoms with van der Waals surface area (Å²) in [6.45, 7) is 4.40. The van der Waals surface area contributed by atoms with Gasteiger partial charge in [0.2, 0.25) is 23.6 Å². The molecule has 218 valence electrons. The van der Waals surface area contributed by atoms with Gasteiger partial charge in [-0.1, -0.05) is 64.5 Å². The maximum atomic E-state index is 14.6. The molecule has 0 N–H and O–H groups in total. The summed E-state index contributed by atoms with van der Waals surface area (Å²) in [6, 6.07) is 21.4. The van der Waals surface area contributed by atoms with Gasteiger partial charge in [-0.2, -0.15) is 0 Å². The molecule has 3 aromatic rings. The summed E-state index contributed by atoms with van der Waals surface area (Å²) in [6.07, 6.45) is 3.80. The molecule has 4 atom stereocenters. The van der Waals surface area contributed by atoms with Crippen LogP contribution < -0.4 is 19.3 Å². The van der Waals surface area contributed by atoms with Crippen molar-refractivity contribution in [1.82, 2.24) is 0 Å². The molecule has 0 aromatic heterocycles. The predicted octanol–water partition coefficient (Wildman–Crippen LogP) is 5.30. The van der Waals surface area contributed by atoms with Crippen molar-refractivity contribution in [2.75, 3.05) is 23.0 Å². The molecule has 4 unspecified atom stereocenters. The summed E-state index contributed by atoms with van der Waals surface area (Å²) < 4.78 is 12.4. The summed E-state index contributed by atoms with van der Waals surface area (Å²) >= 11 is 3.50. The fraction of sp³-hybridized carbons (Fsp3) is 0.294. The van der Waals surface area contributed by atoms with Gasteiger partial charge in [-0.05, 0) is 55.8 Å². The summed E-state index contributed by atoms with van der Waals surface area (Å²) in [4.78, 5) is 60.3. The molecule has 4 amide bonds. The highest BCUT2D eigenvalue weighted by Crippen LogP contribution is 2.65. The molecule has 3 fully saturated rings. The molecular weight excluding hydrogens is 612 g/mol. The molecule has 3 aromatic carbocycles. The first-order valence-corrected chi connectivity index (χ1v) is 15.3. The van der Waals surface area contributed by atoms with Gasteiger partial charge in [0.05, 0.1) is 48.3 Å². The number of para-hydroxylation sites is 4. The van der Waals surface area contributed by atoms with Crippen molar-refractivity contribution in [3.63, 3.8) is 0 Å². The first-order chi connectivity index (χ1) is 20.8. The van der Waals surface area contributed by atoms with E-state index < -0.39 is 46.8 Å². The van der Waals surface area contributed by atoms with Crippen LogP contribution in [0.3, 0.4) is 0 Å². The smallest absolute Gasteiger partial charge is 0.239 e. The number of allylic oxidation sites excluding steroid dienone is 2. The van der Waals surface area contributed by atoms with Gasteiger partial charge in [0.25, 0.3) is 0 Å². The minimum absolute atomic E-state index is 0.360. The topological polar surface area (TPSA) is 93.2 Å². The molecular formula is C34H29BrN2O6. The molecule has 2 saturated heterocycles. The quantitative estimate of drug-likeness (QED) is 0.257. The Morgan fingerprint density at radius 3 is 1.60 bits per heavy atom. The Balaban J connectivity index is 1.42. The Morgan fingerprint density at radius 2 is 1.14 bits per heavy atom. The number of anilines is 2. The minimum atomic E-state index is -1.23. The lowest BCUT2D eigenvalue weighted by molar-refractivity contribution is -0.140. The maximum absolute atomic E-state index is 14.6. The second-order valence-corrected chi connectivity index (χ2v) is 12.1. The second-order valence-electron chi connectivity index (χ2n) is 11.2. The van der Waals surface area contributed by atoms with Gasteiger partial charge in [0.15, 0.2) is 0 Å². The number of amides is 4. The van der Waals surface area contributed by atoms with Gasteiger partial charge in [-0.25, -0.2) is 9.80 Å². The SMILES string of the molecule is CCOc1ccccc1N1C(=O)C2C3C=CC(c4ccc(Br)cc4)(C2C1=O)C1C(=O)N(c2ccccc2OCC)C(=O)C31. The molecule has 1 saturated carbocycles. The predicted molar refractivity (Wildman–Crippen MR) is 163 cm³/mol. The number of rotatable bonds is 7. The van der Waals surface area contributed by atoms with Crippen molar-refractivity contribution >= 4 is 50.9 Å². The van der Waals surface area contributed by atoms with Crippen LogP contribution in [0.15, 0.2) is 89.4 Å². The molecule has 2 heterocycles. The van der Waals surface area contributed by atoms with E-state index >= 15 is 0 Å². The summed E-state index contributed by atoms with van der Waals surface area (Å²) in [5.41, 5.74) is 0.218. The van der Waals surface area contributed by atoms with Crippen LogP contribution in [0.1, 0.15) is 19.4 Å². The van der Waals surface area contributed by atoms with E-state index in [-0.39, 0.29) is 11.8 Å². The third-order valence-corrected chi connectivity index (χ3v) is 9.84. The number of hydrogen-bond donors (Lipinski definition) is 0. The number of imide groups is 2. The van der Waals surface area contributed by atoms with Crippen LogP contribution in [0.25, 0.3) is 0 Å². The van der Waals surface area contributed by atoms with Gasteiger partial charge in [-0.3, -0.25) is 19.2 Å². The molecule has 5 aliphatic rings. The third kappa shape index (κ3) is 3.73. The van der Waals surface area contributed by atoms with E-state index in [2.05, 4.69) is 15.9 Å². The molecule has 8 rings (SSSR count). The number of ether oxygens (including phenoxy) is 2. The van der Waals surface area contributed by atoms with E-state index in [1.807, 2.05) is 50.3 Å². The molecule has 8 nitrogen and oxygen atoms in total. The van der Waals surface area contributed by atoms with Gasteiger partial charge in [0, 0.05) is 15.8 Å². The van der Waals surface area contributed by atoms with Crippen LogP contribution in [-0.4, -0.2) is 36.8 Å². The highest BCUT2D eigenvalue weighted by atomic mass is 79.9. The van der Waals surface area contributed by atoms with Crippen LogP contribution >= 0.6 is 15.9 Å². The monoisotopic (exact) mass is 640 g/mol. The van der Waals surface area contributed by atoms with E-state index in [9.17, 15) is 19.2 Å². The van der Waals surface area contributed by atoms with Gasteiger partial charge in [-0.15, -0.1) is 0 Å². The number of hydrogen-bond acceptors (Lipinski definition) is 6. The molecule has 0 spiro atoms. The van der Waals surface area contributed by atoms with Crippen LogP contribution in [-0.2, 0) is 24.6 Å². The van der Waals surface area contributed by atoms with Gasteiger partial charge < -0.3 is 9.47 Å². The standard InChI is InChI=1S/C34H29BrN2O6/c1-3-42-24-11-7-5-9-22(24)36-30(38)26-21-17-18-34(28(26)32(36)40,19-13-15-20(35)16-14-19)29-27(21)31(39)37(33(29)41)23-10-6-8-12-25(23)43-4-2/h5-18,21,26-29H,3-4H2,1-2H3. The molecule has 43 heavy (non-hydrogen) atoms. The number of carbonyl (C=O) groups excluding carboxylic acids is 4. The van der Waals surface area contributed by atoms with Crippen molar-refractivity contribution in [2.24, 2.45) is 29.6 Å². The average Bonchev–Trinajstić information content (AvgIpc) is 3.45. The molecule has 2 bridgehead atoms. The number of benzene rings is 3. The Labute approximate surface area is 257 Å². The summed E-state index contributed by atoms with van der Waals surface area (Å²) in [7, 11) is 0. The zero-order valence-electron chi connectivity index (χ0n) is 23.6. The van der Waals surface area contributed by atoms with E-state index in [0.717, 1.165) is 4.47 Å². The van der Waals surface area contributed by atoms with Gasteiger partial charge >= 0.3 is 0 Å². The fourth-order valence-electron chi connectivity index (χ4n) is 7.80. The van der Waals surface area contributed by atoms with E-state index in [0.29, 0.717) is 41.7 Å². The molecule has 2 aliphatic heterocycles. The zero-order chi connectivity index (χ0) is 30.0. The van der Waals surface area contributed by atoms with Crippen molar-refractivity contribution in [1.29, 1.82) is 0 Å². The van der Waals surface area contributed by atoms with Crippen LogP contribution in [0.5, 0.6) is 11.5 Å². The van der Waals surface area contributed by atoms with E-state index in [1.165, 1.54) is 9.80 Å². The molecule has 0 radical (unpaired) electrons. The van der Waals surface area contributed by atoms with Crippen molar-refractivity contribution in [2.45, 2.75) is 19.3 Å². The lowest BCUT2D eigenvalue weighted by Crippen LogP contribution is -2.60. The van der Waals surface area contributed by atoms with Crippen molar-refractivity contribution in [3.05, 3.63) is 95.0 Å². The minimum Gasteiger partial charge on any atom is -0.492 e. The highest BCUT2D eigenvalue weighted by molar-refractivity contribution is 9.10. The Kier molecular flexibility index (Phi) is 6.54. The van der Waals surface area contributed by atoms with Crippen molar-refractivity contribution in [3.8, 4) is 11.5 Å². The number of nitrogens with zero attached hydrogens (tertiary/aromatic N) is 2. The van der Waals surface area contributed by atoms with Crippen molar-refractivity contribution < 1.29 is 28.7 Å². The van der Waals surface area contributed by atoms with Crippen LogP contribution in [0.2, 0.25) is 0 Å². The highest BCUT2D eigenvalue weighted by Gasteiger charge is 2.75. The number of carbonyl (C=O) groups is 4. The zero-order valence-corrected chi connectivity index (χ0v) is 25.2. The Bertz CT molecular complexity index is 1610. The largest absolute Gasteiger partial charge is 0.492 e. The second kappa shape index (κ2) is 10.2. The third-order valence-electron chi connectivity index (χ3n) is 9.31. The first kappa shape index (κ1) is 27.6. The van der Waals surface area contributed by atoms with Crippen LogP contribution in [0, 0.1) is 29.6 Å². The van der Waals surface area contributed by atoms with Crippen LogP contribution in [0.4, 0.5) is 11.4 Å². The summed E-state index contributed by atoms with van der Waals surface area (Å²) in [5.74, 6) is -4.76. The summed E-state index contributed by atoms with van der Waals surface area (Å²) in [5, 5.41) is 0. The maximum Gasteiger partial charge on any atom is 0.239 e. The Hall–Kier alpha value is -4.24. The molecule has 9 heteroatoms. The number of halogens is 1.